The smallest absolute Gasteiger partial charge is 0.382 e. The number of rotatable bonds is 1. The van der Waals surface area contributed by atoms with Crippen molar-refractivity contribution >= 4 is 21.7 Å². The average Bonchev–Trinajstić information content (AvgIpc) is 2.63. The van der Waals surface area contributed by atoms with Gasteiger partial charge in [-0.15, -0.1) is 0 Å². The highest BCUT2D eigenvalue weighted by Crippen LogP contribution is 2.38. The predicted octanol–water partition coefficient (Wildman–Crippen LogP) is 3.44. The molecule has 0 aliphatic carbocycles. The summed E-state index contributed by atoms with van der Waals surface area (Å²) in [7, 11) is 0. The molecule has 90 valence electrons. The summed E-state index contributed by atoms with van der Waals surface area (Å²) in [6.07, 6.45) is -4.43. The number of nitrogen functional groups attached to an aromatic ring is 1. The molecule has 3 N–H and O–H groups in total. The van der Waals surface area contributed by atoms with Crippen LogP contribution in [-0.4, -0.2) is 10.2 Å². The third-order valence-electron chi connectivity index (χ3n) is 2.17. The van der Waals surface area contributed by atoms with Crippen molar-refractivity contribution in [3.05, 3.63) is 34.3 Å². The Bertz CT molecular complexity index is 548. The first-order chi connectivity index (χ1) is 7.88. The Kier molecular flexibility index (Phi) is 2.86. The first-order valence-electron chi connectivity index (χ1n) is 4.56. The molecule has 0 bridgehead atoms. The monoisotopic (exact) mass is 305 g/mol. The molecule has 7 heteroatoms. The summed E-state index contributed by atoms with van der Waals surface area (Å²) >= 11 is 3.02. The molecule has 0 fully saturated rings. The van der Waals surface area contributed by atoms with E-state index < -0.39 is 11.7 Å². The van der Waals surface area contributed by atoms with Crippen molar-refractivity contribution in [3.8, 4) is 11.3 Å². The molecule has 0 saturated carbocycles. The molecule has 0 saturated heterocycles. The van der Waals surface area contributed by atoms with E-state index in [4.69, 9.17) is 5.73 Å². The number of halogens is 4. The topological polar surface area (TPSA) is 54.7 Å². The number of aromatic nitrogens is 2. The normalized spacial score (nSPS) is 11.8. The number of nitrogens with zero attached hydrogens (tertiary/aromatic N) is 1. The fraction of sp³-hybridized carbons (Fsp3) is 0.100. The summed E-state index contributed by atoms with van der Waals surface area (Å²) in [5.74, 6) is 0.149. The number of alkyl halides is 3. The van der Waals surface area contributed by atoms with E-state index in [1.54, 1.807) is 0 Å². The van der Waals surface area contributed by atoms with Crippen LogP contribution in [0.4, 0.5) is 19.0 Å². The minimum atomic E-state index is -4.43. The maximum Gasteiger partial charge on any atom is 0.417 e. The van der Waals surface area contributed by atoms with Crippen LogP contribution >= 0.6 is 15.9 Å². The molecule has 17 heavy (non-hydrogen) atoms. The van der Waals surface area contributed by atoms with E-state index in [1.165, 1.54) is 18.2 Å². The first kappa shape index (κ1) is 12.0. The van der Waals surface area contributed by atoms with Crippen LogP contribution in [0, 0.1) is 0 Å². The summed E-state index contributed by atoms with van der Waals surface area (Å²) < 4.78 is 38.9. The highest BCUT2D eigenvalue weighted by Gasteiger charge is 2.34. The Morgan fingerprint density at radius 3 is 2.47 bits per heavy atom. The van der Waals surface area contributed by atoms with Crippen LogP contribution in [0.25, 0.3) is 11.3 Å². The quantitative estimate of drug-likeness (QED) is 0.848. The van der Waals surface area contributed by atoms with E-state index in [0.29, 0.717) is 4.47 Å². The summed E-state index contributed by atoms with van der Waals surface area (Å²) in [5.41, 5.74) is 4.89. The van der Waals surface area contributed by atoms with Crippen LogP contribution in [0.3, 0.4) is 0 Å². The molecule has 0 aliphatic rings. The molecule has 0 atom stereocenters. The molecular formula is C10H7BrF3N3. The summed E-state index contributed by atoms with van der Waals surface area (Å²) in [4.78, 5) is 0. The minimum Gasteiger partial charge on any atom is -0.382 e. The van der Waals surface area contributed by atoms with Gasteiger partial charge in [0.25, 0.3) is 0 Å². The predicted molar refractivity (Wildman–Crippen MR) is 61.1 cm³/mol. The van der Waals surface area contributed by atoms with Crippen molar-refractivity contribution in [2.75, 3.05) is 5.73 Å². The Morgan fingerprint density at radius 2 is 1.94 bits per heavy atom. The van der Waals surface area contributed by atoms with Gasteiger partial charge >= 0.3 is 6.18 Å². The summed E-state index contributed by atoms with van der Waals surface area (Å²) in [5, 5.41) is 6.08. The number of hydrogen-bond acceptors (Lipinski definition) is 2. The van der Waals surface area contributed by atoms with Crippen molar-refractivity contribution < 1.29 is 13.2 Å². The van der Waals surface area contributed by atoms with Gasteiger partial charge in [-0.05, 0) is 12.1 Å². The molecule has 2 rings (SSSR count). The van der Waals surface area contributed by atoms with Gasteiger partial charge < -0.3 is 5.73 Å². The van der Waals surface area contributed by atoms with E-state index in [-0.39, 0.29) is 17.1 Å². The fourth-order valence-corrected chi connectivity index (χ4v) is 1.82. The lowest BCUT2D eigenvalue weighted by Crippen LogP contribution is -2.07. The van der Waals surface area contributed by atoms with Gasteiger partial charge in [-0.25, -0.2) is 0 Å². The zero-order valence-electron chi connectivity index (χ0n) is 8.35. The van der Waals surface area contributed by atoms with Gasteiger partial charge in [-0.1, -0.05) is 22.0 Å². The van der Waals surface area contributed by atoms with Crippen molar-refractivity contribution in [3.63, 3.8) is 0 Å². The van der Waals surface area contributed by atoms with Crippen LogP contribution in [0.2, 0.25) is 0 Å². The van der Waals surface area contributed by atoms with Crippen molar-refractivity contribution in [1.29, 1.82) is 0 Å². The fourth-order valence-electron chi connectivity index (χ4n) is 1.46. The molecule has 0 unspecified atom stereocenters. The second-order valence-electron chi connectivity index (χ2n) is 3.39. The zero-order chi connectivity index (χ0) is 12.6. The third-order valence-corrected chi connectivity index (χ3v) is 2.67. The second-order valence-corrected chi connectivity index (χ2v) is 4.31. The van der Waals surface area contributed by atoms with E-state index >= 15 is 0 Å². The standard InChI is InChI=1S/C10H7BrF3N3/c11-5-1-2-6(7(3-5)10(12,13)14)8-4-9(15)17-16-8/h1-4H,(H3,15,16,17). The number of nitrogens with two attached hydrogens (primary N) is 1. The van der Waals surface area contributed by atoms with Gasteiger partial charge in [0.05, 0.1) is 11.3 Å². The highest BCUT2D eigenvalue weighted by atomic mass is 79.9. The van der Waals surface area contributed by atoms with Gasteiger partial charge in [-0.3, -0.25) is 5.10 Å². The molecule has 1 aromatic carbocycles. The van der Waals surface area contributed by atoms with Crippen molar-refractivity contribution in [2.45, 2.75) is 6.18 Å². The maximum absolute atomic E-state index is 12.8. The van der Waals surface area contributed by atoms with Crippen molar-refractivity contribution in [2.24, 2.45) is 0 Å². The number of hydrogen-bond donors (Lipinski definition) is 2. The zero-order valence-corrected chi connectivity index (χ0v) is 9.93. The molecule has 2 aromatic rings. The SMILES string of the molecule is Nc1cc(-c2ccc(Br)cc2C(F)(F)F)[nH]n1. The lowest BCUT2D eigenvalue weighted by Gasteiger charge is -2.11. The second kappa shape index (κ2) is 4.06. The average molecular weight is 306 g/mol. The number of nitrogens with one attached hydrogen (secondary N) is 1. The number of H-pyrrole nitrogens is 1. The molecule has 1 aromatic heterocycles. The Hall–Kier alpha value is -1.50. The van der Waals surface area contributed by atoms with Crippen LogP contribution in [0.15, 0.2) is 28.7 Å². The minimum absolute atomic E-state index is 0.0184. The number of benzene rings is 1. The number of anilines is 1. The van der Waals surface area contributed by atoms with E-state index in [0.717, 1.165) is 6.07 Å². The molecule has 1 heterocycles. The van der Waals surface area contributed by atoms with Gasteiger partial charge in [-0.2, -0.15) is 18.3 Å². The largest absolute Gasteiger partial charge is 0.417 e. The van der Waals surface area contributed by atoms with E-state index in [1.807, 2.05) is 0 Å². The molecule has 0 aliphatic heterocycles. The molecular weight excluding hydrogens is 299 g/mol. The van der Waals surface area contributed by atoms with Gasteiger partial charge in [0.2, 0.25) is 0 Å². The van der Waals surface area contributed by atoms with E-state index in [2.05, 4.69) is 26.1 Å². The lowest BCUT2D eigenvalue weighted by molar-refractivity contribution is -0.137. The van der Waals surface area contributed by atoms with E-state index in [9.17, 15) is 13.2 Å². The number of aromatic amines is 1. The molecule has 0 spiro atoms. The molecule has 0 radical (unpaired) electrons. The Labute approximate surface area is 103 Å². The molecule has 0 amide bonds. The lowest BCUT2D eigenvalue weighted by atomic mass is 10.0. The van der Waals surface area contributed by atoms with Crippen molar-refractivity contribution in [1.82, 2.24) is 10.2 Å². The maximum atomic E-state index is 12.8. The first-order valence-corrected chi connectivity index (χ1v) is 5.35. The van der Waals surface area contributed by atoms with Gasteiger partial charge in [0, 0.05) is 16.1 Å². The van der Waals surface area contributed by atoms with Gasteiger partial charge in [0.1, 0.15) is 5.82 Å². The Balaban J connectivity index is 2.61. The molecule has 3 nitrogen and oxygen atoms in total. The van der Waals surface area contributed by atoms with Crippen LogP contribution in [0.1, 0.15) is 5.56 Å². The third kappa shape index (κ3) is 2.44. The summed E-state index contributed by atoms with van der Waals surface area (Å²) in [6.45, 7) is 0. The van der Waals surface area contributed by atoms with Crippen LogP contribution < -0.4 is 5.73 Å². The van der Waals surface area contributed by atoms with Crippen LogP contribution in [0.5, 0.6) is 0 Å². The van der Waals surface area contributed by atoms with Crippen LogP contribution in [-0.2, 0) is 6.18 Å². The highest BCUT2D eigenvalue weighted by molar-refractivity contribution is 9.10. The van der Waals surface area contributed by atoms with Gasteiger partial charge in [0.15, 0.2) is 0 Å². The Morgan fingerprint density at radius 1 is 1.24 bits per heavy atom. The summed E-state index contributed by atoms with van der Waals surface area (Å²) in [6, 6.07) is 5.27.